The number of nitrogens with one attached hydrogen (secondary N) is 1. The van der Waals surface area contributed by atoms with E-state index in [4.69, 9.17) is 4.74 Å². The average molecular weight is 595 g/mol. The predicted molar refractivity (Wildman–Crippen MR) is 145 cm³/mol. The lowest BCUT2D eigenvalue weighted by atomic mass is 9.74. The number of aryl methyl sites for hydroxylation is 1. The Hall–Kier alpha value is -2.90. The topological polar surface area (TPSA) is 79.3 Å². The number of rotatable bonds is 6. The highest BCUT2D eigenvalue weighted by atomic mass is 19.4. The van der Waals surface area contributed by atoms with Crippen molar-refractivity contribution in [3.8, 4) is 0 Å². The zero-order valence-corrected chi connectivity index (χ0v) is 23.8. The predicted octanol–water partition coefficient (Wildman–Crippen LogP) is 4.71. The van der Waals surface area contributed by atoms with Gasteiger partial charge < -0.3 is 9.30 Å². The van der Waals surface area contributed by atoms with Crippen LogP contribution in [-0.2, 0) is 24.0 Å². The molecule has 3 fully saturated rings. The standard InChI is InChI=1S/C29H35F5N6O2/c1-16-13-39(24-6-7-42-25(24)15-40-18(3)36-23-11-35-27(41)37-26(23)40)17(2)12-38(16)14-19-4-5-21(29(32,33)34)8-22(19)20-9-28(30,31)10-20/h4-5,8,11,16-17,20,24-25H,6-7,9-10,12-15H2,1-3H3,(H,35,37,41)/t16-,17+,24?,25+/m1/s1. The first kappa shape index (κ1) is 29.2. The maximum Gasteiger partial charge on any atom is 0.416 e. The Balaban J connectivity index is 1.18. The molecule has 3 aliphatic rings. The third-order valence-corrected chi connectivity index (χ3v) is 9.22. The molecule has 1 aromatic carbocycles. The maximum atomic E-state index is 13.7. The number of H-pyrrole nitrogens is 1. The van der Waals surface area contributed by atoms with Gasteiger partial charge in [0.2, 0.25) is 5.92 Å². The molecule has 1 saturated carbocycles. The van der Waals surface area contributed by atoms with E-state index in [1.807, 2.05) is 11.5 Å². The lowest BCUT2D eigenvalue weighted by Gasteiger charge is -2.48. The minimum atomic E-state index is -4.53. The Morgan fingerprint density at radius 2 is 1.90 bits per heavy atom. The van der Waals surface area contributed by atoms with E-state index >= 15 is 0 Å². The van der Waals surface area contributed by atoms with Crippen molar-refractivity contribution in [3.05, 3.63) is 57.4 Å². The fourth-order valence-corrected chi connectivity index (χ4v) is 6.96. The van der Waals surface area contributed by atoms with Crippen molar-refractivity contribution in [2.45, 2.75) is 95.4 Å². The summed E-state index contributed by atoms with van der Waals surface area (Å²) in [6, 6.07) is 3.95. The van der Waals surface area contributed by atoms with Gasteiger partial charge in [-0.1, -0.05) is 6.07 Å². The van der Waals surface area contributed by atoms with Crippen LogP contribution in [0.1, 0.15) is 61.5 Å². The Morgan fingerprint density at radius 3 is 2.62 bits per heavy atom. The molecule has 2 aliphatic heterocycles. The molecule has 8 nitrogen and oxygen atoms in total. The molecule has 2 saturated heterocycles. The summed E-state index contributed by atoms with van der Waals surface area (Å²) in [5.41, 5.74) is 1.07. The molecule has 13 heteroatoms. The van der Waals surface area contributed by atoms with Crippen molar-refractivity contribution in [1.82, 2.24) is 29.3 Å². The number of hydrogen-bond acceptors (Lipinski definition) is 6. The summed E-state index contributed by atoms with van der Waals surface area (Å²) in [6.45, 7) is 9.06. The largest absolute Gasteiger partial charge is 0.416 e. The second-order valence-corrected chi connectivity index (χ2v) is 12.2. The molecule has 1 unspecified atom stereocenters. The van der Waals surface area contributed by atoms with Crippen molar-refractivity contribution in [3.63, 3.8) is 0 Å². The molecule has 42 heavy (non-hydrogen) atoms. The minimum absolute atomic E-state index is 0.0821. The van der Waals surface area contributed by atoms with Crippen molar-refractivity contribution in [1.29, 1.82) is 0 Å². The van der Waals surface area contributed by atoms with E-state index in [1.165, 1.54) is 12.3 Å². The van der Waals surface area contributed by atoms with Crippen LogP contribution in [0.5, 0.6) is 0 Å². The van der Waals surface area contributed by atoms with Gasteiger partial charge in [0.15, 0.2) is 0 Å². The Kier molecular flexibility index (Phi) is 7.42. The molecule has 6 rings (SSSR count). The highest BCUT2D eigenvalue weighted by molar-refractivity contribution is 5.69. The van der Waals surface area contributed by atoms with Crippen LogP contribution in [0.25, 0.3) is 11.2 Å². The number of imidazole rings is 1. The fraction of sp³-hybridized carbons (Fsp3) is 0.621. The zero-order valence-electron chi connectivity index (χ0n) is 23.8. The maximum absolute atomic E-state index is 13.7. The minimum Gasteiger partial charge on any atom is -0.375 e. The summed E-state index contributed by atoms with van der Waals surface area (Å²) >= 11 is 0. The summed E-state index contributed by atoms with van der Waals surface area (Å²) in [6.07, 6.45) is -3.17. The number of aromatic amines is 1. The van der Waals surface area contributed by atoms with E-state index in [1.54, 1.807) is 0 Å². The highest BCUT2D eigenvalue weighted by Gasteiger charge is 2.47. The number of aromatic nitrogens is 4. The number of fused-ring (bicyclic) bond motifs is 1. The van der Waals surface area contributed by atoms with E-state index in [2.05, 4.69) is 38.6 Å². The lowest BCUT2D eigenvalue weighted by Crippen LogP contribution is -2.60. The first-order chi connectivity index (χ1) is 19.8. The van der Waals surface area contributed by atoms with Gasteiger partial charge in [-0.3, -0.25) is 14.8 Å². The molecule has 2 aromatic heterocycles. The quantitative estimate of drug-likeness (QED) is 0.417. The summed E-state index contributed by atoms with van der Waals surface area (Å²) < 4.78 is 75.9. The SMILES string of the molecule is Cc1nc2cnc(=O)[nH]c2n1C[C@@H]1OCCC1N1C[C@@H](C)N(Cc2ccc(C(F)(F)F)cc2C2CC(F)(F)C2)C[C@@H]1C. The van der Waals surface area contributed by atoms with E-state index in [-0.39, 0.29) is 24.2 Å². The molecule has 0 bridgehead atoms. The summed E-state index contributed by atoms with van der Waals surface area (Å²) in [5.74, 6) is -2.64. The third kappa shape index (κ3) is 5.58. The third-order valence-electron chi connectivity index (χ3n) is 9.22. The van der Waals surface area contributed by atoms with Crippen LogP contribution in [0, 0.1) is 6.92 Å². The summed E-state index contributed by atoms with van der Waals surface area (Å²) in [7, 11) is 0. The van der Waals surface area contributed by atoms with Gasteiger partial charge in [0.25, 0.3) is 0 Å². The number of benzene rings is 1. The highest BCUT2D eigenvalue weighted by Crippen LogP contribution is 2.50. The smallest absolute Gasteiger partial charge is 0.375 e. The Labute approximate surface area is 239 Å². The van der Waals surface area contributed by atoms with Crippen LogP contribution < -0.4 is 5.69 Å². The first-order valence-corrected chi connectivity index (χ1v) is 14.4. The molecule has 4 heterocycles. The van der Waals surface area contributed by atoms with E-state index in [9.17, 15) is 26.7 Å². The fourth-order valence-electron chi connectivity index (χ4n) is 6.96. The monoisotopic (exact) mass is 594 g/mol. The molecule has 0 amide bonds. The molecule has 4 atom stereocenters. The van der Waals surface area contributed by atoms with Crippen LogP contribution in [0.4, 0.5) is 22.0 Å². The normalized spacial score (nSPS) is 27.5. The van der Waals surface area contributed by atoms with E-state index in [0.29, 0.717) is 48.5 Å². The number of alkyl halides is 5. The number of nitrogens with zero attached hydrogens (tertiary/aromatic N) is 5. The van der Waals surface area contributed by atoms with Gasteiger partial charge in [0, 0.05) is 57.2 Å². The van der Waals surface area contributed by atoms with Crippen LogP contribution in [-0.4, -0.2) is 79.2 Å². The van der Waals surface area contributed by atoms with Crippen LogP contribution in [0.3, 0.4) is 0 Å². The summed E-state index contributed by atoms with van der Waals surface area (Å²) in [5, 5.41) is 0. The van der Waals surface area contributed by atoms with E-state index < -0.39 is 42.1 Å². The van der Waals surface area contributed by atoms with Gasteiger partial charge in [-0.15, -0.1) is 0 Å². The summed E-state index contributed by atoms with van der Waals surface area (Å²) in [4.78, 5) is 27.6. The van der Waals surface area contributed by atoms with Gasteiger partial charge in [-0.05, 0) is 56.4 Å². The molecule has 3 aromatic rings. The van der Waals surface area contributed by atoms with Gasteiger partial charge in [-0.2, -0.15) is 18.2 Å². The van der Waals surface area contributed by atoms with Gasteiger partial charge in [0.1, 0.15) is 17.0 Å². The van der Waals surface area contributed by atoms with Crippen LogP contribution in [0.15, 0.2) is 29.2 Å². The molecule has 1 N–H and O–H groups in total. The second-order valence-electron chi connectivity index (χ2n) is 12.2. The second kappa shape index (κ2) is 10.7. The van der Waals surface area contributed by atoms with Crippen LogP contribution >= 0.6 is 0 Å². The van der Waals surface area contributed by atoms with Gasteiger partial charge in [-0.25, -0.2) is 18.6 Å². The molecule has 0 spiro atoms. The molecular weight excluding hydrogens is 559 g/mol. The molecule has 0 radical (unpaired) electrons. The van der Waals surface area contributed by atoms with Crippen molar-refractivity contribution >= 4 is 11.2 Å². The number of piperazine rings is 1. The number of hydrogen-bond donors (Lipinski definition) is 1. The van der Waals surface area contributed by atoms with E-state index in [0.717, 1.165) is 30.9 Å². The molecule has 228 valence electrons. The van der Waals surface area contributed by atoms with Gasteiger partial charge >= 0.3 is 11.9 Å². The van der Waals surface area contributed by atoms with Gasteiger partial charge in [0.05, 0.1) is 24.4 Å². The molecular formula is C29H35F5N6O2. The van der Waals surface area contributed by atoms with Crippen molar-refractivity contribution in [2.75, 3.05) is 19.7 Å². The van der Waals surface area contributed by atoms with Crippen molar-refractivity contribution < 1.29 is 26.7 Å². The first-order valence-electron chi connectivity index (χ1n) is 14.4. The number of ether oxygens (including phenoxy) is 1. The van der Waals surface area contributed by atoms with Crippen molar-refractivity contribution in [2.24, 2.45) is 0 Å². The van der Waals surface area contributed by atoms with Crippen LogP contribution in [0.2, 0.25) is 0 Å². The lowest BCUT2D eigenvalue weighted by molar-refractivity contribution is -0.137. The Bertz CT molecular complexity index is 1510. The molecule has 1 aliphatic carbocycles. The average Bonchev–Trinajstić information content (AvgIpc) is 3.48. The Morgan fingerprint density at radius 1 is 1.14 bits per heavy atom. The number of halogens is 5. The zero-order chi connectivity index (χ0) is 30.0.